The highest BCUT2D eigenvalue weighted by atomic mass is 19.1. The molecule has 1 aromatic carbocycles. The highest BCUT2D eigenvalue weighted by Crippen LogP contribution is 2.21. The molecule has 0 aromatic heterocycles. The van der Waals surface area contributed by atoms with E-state index < -0.39 is 5.82 Å². The zero-order valence-corrected chi connectivity index (χ0v) is 9.52. The molecule has 5 N–H and O–H groups in total. The molecule has 0 radical (unpaired) electrons. The van der Waals surface area contributed by atoms with Gasteiger partial charge in [0.2, 0.25) is 0 Å². The number of anilines is 2. The molecule has 0 aliphatic rings. The van der Waals surface area contributed by atoms with Crippen LogP contribution in [0.3, 0.4) is 0 Å². The lowest BCUT2D eigenvalue weighted by Gasteiger charge is -2.08. The summed E-state index contributed by atoms with van der Waals surface area (Å²) in [5, 5.41) is 7.78. The van der Waals surface area contributed by atoms with Gasteiger partial charge < -0.3 is 16.9 Å². The number of hydrogen-bond donors (Lipinski definition) is 3. The molecule has 1 aromatic rings. The first kappa shape index (κ1) is 12.5. The van der Waals surface area contributed by atoms with Gasteiger partial charge in [-0.2, -0.15) is 0 Å². The molecule has 3 nitrogen and oxygen atoms in total. The van der Waals surface area contributed by atoms with Gasteiger partial charge in [0.15, 0.2) is 0 Å². The van der Waals surface area contributed by atoms with Crippen LogP contribution in [-0.2, 0) is 0 Å². The van der Waals surface area contributed by atoms with Crippen molar-refractivity contribution in [2.45, 2.75) is 32.6 Å². The number of nitrogens with two attached hydrogens (primary N) is 2. The van der Waals surface area contributed by atoms with Crippen LogP contribution in [0.2, 0.25) is 0 Å². The number of halogens is 1. The van der Waals surface area contributed by atoms with Gasteiger partial charge in [-0.1, -0.05) is 19.8 Å². The molecule has 0 saturated carbocycles. The molecule has 0 unspecified atom stereocenters. The molecule has 0 fully saturated rings. The lowest BCUT2D eigenvalue weighted by Crippen LogP contribution is -2.06. The van der Waals surface area contributed by atoms with E-state index in [1.54, 1.807) is 0 Å². The molecule has 0 amide bonds. The Balaban J connectivity index is 2.79. The predicted octanol–water partition coefficient (Wildman–Crippen LogP) is 2.94. The van der Waals surface area contributed by atoms with Crippen molar-refractivity contribution in [2.24, 2.45) is 0 Å². The minimum atomic E-state index is -0.465. The van der Waals surface area contributed by atoms with Crippen LogP contribution in [-0.4, -0.2) is 5.71 Å². The summed E-state index contributed by atoms with van der Waals surface area (Å²) < 4.78 is 13.5. The van der Waals surface area contributed by atoms with Gasteiger partial charge in [0, 0.05) is 11.3 Å². The fourth-order valence-electron chi connectivity index (χ4n) is 1.52. The second kappa shape index (κ2) is 5.49. The van der Waals surface area contributed by atoms with Gasteiger partial charge in [-0.3, -0.25) is 0 Å². The Bertz CT molecular complexity index is 388. The van der Waals surface area contributed by atoms with Crippen LogP contribution in [0.15, 0.2) is 12.1 Å². The van der Waals surface area contributed by atoms with E-state index in [-0.39, 0.29) is 17.0 Å². The number of nitrogen functional groups attached to an aromatic ring is 2. The molecule has 0 bridgehead atoms. The van der Waals surface area contributed by atoms with Crippen molar-refractivity contribution in [1.29, 1.82) is 5.41 Å². The summed E-state index contributed by atoms with van der Waals surface area (Å²) in [6.07, 6.45) is 3.61. The number of hydrogen-bond acceptors (Lipinski definition) is 3. The van der Waals surface area contributed by atoms with Crippen LogP contribution in [0.5, 0.6) is 0 Å². The molecule has 1 rings (SSSR count). The monoisotopic (exact) mass is 223 g/mol. The molecule has 0 heterocycles. The molecule has 16 heavy (non-hydrogen) atoms. The summed E-state index contributed by atoms with van der Waals surface area (Å²) in [6, 6.07) is 2.62. The van der Waals surface area contributed by atoms with E-state index >= 15 is 0 Å². The summed E-state index contributed by atoms with van der Waals surface area (Å²) in [7, 11) is 0. The lowest BCUT2D eigenvalue weighted by atomic mass is 10.0. The Kier molecular flexibility index (Phi) is 4.28. The third-order valence-electron chi connectivity index (χ3n) is 2.53. The van der Waals surface area contributed by atoms with E-state index in [0.29, 0.717) is 12.1 Å². The standard InChI is InChI=1S/C12H18FN3/c1-2-3-4-5-10(14)8-6-11(15)12(16)7-9(8)13/h6-7,14H,2-5,15-16H2,1H3. The van der Waals surface area contributed by atoms with Crippen LogP contribution >= 0.6 is 0 Å². The molecule has 0 aliphatic heterocycles. The zero-order chi connectivity index (χ0) is 12.1. The predicted molar refractivity (Wildman–Crippen MR) is 66.2 cm³/mol. The fraction of sp³-hybridized carbons (Fsp3) is 0.417. The highest BCUT2D eigenvalue weighted by molar-refractivity contribution is 5.99. The van der Waals surface area contributed by atoms with Crippen molar-refractivity contribution in [1.82, 2.24) is 0 Å². The van der Waals surface area contributed by atoms with Crippen LogP contribution in [0, 0.1) is 11.2 Å². The highest BCUT2D eigenvalue weighted by Gasteiger charge is 2.10. The quantitative estimate of drug-likeness (QED) is 0.408. The van der Waals surface area contributed by atoms with E-state index in [4.69, 9.17) is 16.9 Å². The van der Waals surface area contributed by atoms with Crippen molar-refractivity contribution >= 4 is 17.1 Å². The van der Waals surface area contributed by atoms with E-state index in [2.05, 4.69) is 6.92 Å². The van der Waals surface area contributed by atoms with Crippen LogP contribution in [0.1, 0.15) is 38.2 Å². The fourth-order valence-corrected chi connectivity index (χ4v) is 1.52. The normalized spacial score (nSPS) is 10.4. The van der Waals surface area contributed by atoms with Crippen LogP contribution in [0.4, 0.5) is 15.8 Å². The summed E-state index contributed by atoms with van der Waals surface area (Å²) in [6.45, 7) is 2.09. The SMILES string of the molecule is CCCCCC(=N)c1cc(N)c(N)cc1F. The molecule has 0 atom stereocenters. The van der Waals surface area contributed by atoms with Crippen molar-refractivity contribution in [3.63, 3.8) is 0 Å². The largest absolute Gasteiger partial charge is 0.397 e. The van der Waals surface area contributed by atoms with Gasteiger partial charge >= 0.3 is 0 Å². The molecular formula is C12H18FN3. The first-order valence-corrected chi connectivity index (χ1v) is 5.48. The molecule has 0 spiro atoms. The average Bonchev–Trinajstić information content (AvgIpc) is 2.23. The lowest BCUT2D eigenvalue weighted by molar-refractivity contribution is 0.624. The molecular weight excluding hydrogens is 205 g/mol. The summed E-state index contributed by atoms with van der Waals surface area (Å²) in [4.78, 5) is 0. The number of unbranched alkanes of at least 4 members (excludes halogenated alkanes) is 2. The minimum absolute atomic E-state index is 0.225. The van der Waals surface area contributed by atoms with Crippen LogP contribution in [0.25, 0.3) is 0 Å². The molecule has 88 valence electrons. The van der Waals surface area contributed by atoms with E-state index in [9.17, 15) is 4.39 Å². The molecule has 4 heteroatoms. The Labute approximate surface area is 95.2 Å². The van der Waals surface area contributed by atoms with Crippen molar-refractivity contribution in [3.8, 4) is 0 Å². The Hall–Kier alpha value is -1.58. The minimum Gasteiger partial charge on any atom is -0.397 e. The van der Waals surface area contributed by atoms with Crippen molar-refractivity contribution < 1.29 is 4.39 Å². The van der Waals surface area contributed by atoms with Gasteiger partial charge in [0.05, 0.1) is 11.4 Å². The number of benzene rings is 1. The molecule has 0 aliphatic carbocycles. The maximum absolute atomic E-state index is 13.5. The number of nitrogens with one attached hydrogen (secondary N) is 1. The van der Waals surface area contributed by atoms with Gasteiger partial charge in [-0.15, -0.1) is 0 Å². The topological polar surface area (TPSA) is 75.9 Å². The van der Waals surface area contributed by atoms with Gasteiger partial charge in [0.1, 0.15) is 5.82 Å². The third kappa shape index (κ3) is 2.95. The third-order valence-corrected chi connectivity index (χ3v) is 2.53. The second-order valence-corrected chi connectivity index (χ2v) is 3.90. The van der Waals surface area contributed by atoms with E-state index in [0.717, 1.165) is 19.3 Å². The van der Waals surface area contributed by atoms with Crippen LogP contribution < -0.4 is 11.5 Å². The zero-order valence-electron chi connectivity index (χ0n) is 9.52. The maximum Gasteiger partial charge on any atom is 0.134 e. The first-order chi connectivity index (χ1) is 7.56. The van der Waals surface area contributed by atoms with E-state index in [1.165, 1.54) is 12.1 Å². The summed E-state index contributed by atoms with van der Waals surface area (Å²) in [5.41, 5.74) is 12.2. The number of rotatable bonds is 5. The Morgan fingerprint density at radius 3 is 2.50 bits per heavy atom. The molecule has 0 saturated heterocycles. The summed E-state index contributed by atoms with van der Waals surface area (Å²) in [5.74, 6) is -0.465. The van der Waals surface area contributed by atoms with Gasteiger partial charge in [0.25, 0.3) is 0 Å². The average molecular weight is 223 g/mol. The van der Waals surface area contributed by atoms with Gasteiger partial charge in [-0.05, 0) is 25.0 Å². The first-order valence-electron chi connectivity index (χ1n) is 5.48. The van der Waals surface area contributed by atoms with Crippen molar-refractivity contribution in [2.75, 3.05) is 11.5 Å². The second-order valence-electron chi connectivity index (χ2n) is 3.90. The summed E-state index contributed by atoms with van der Waals surface area (Å²) >= 11 is 0. The van der Waals surface area contributed by atoms with Crippen molar-refractivity contribution in [3.05, 3.63) is 23.5 Å². The smallest absolute Gasteiger partial charge is 0.134 e. The van der Waals surface area contributed by atoms with Gasteiger partial charge in [-0.25, -0.2) is 4.39 Å². The Morgan fingerprint density at radius 2 is 1.88 bits per heavy atom. The van der Waals surface area contributed by atoms with E-state index in [1.807, 2.05) is 0 Å². The Morgan fingerprint density at radius 1 is 1.25 bits per heavy atom. The maximum atomic E-state index is 13.5.